The molecule has 0 aromatic heterocycles. The Morgan fingerprint density at radius 1 is 1.12 bits per heavy atom. The quantitative estimate of drug-likeness (QED) is 0.448. The molecule has 2 aromatic rings. The first-order valence-electron chi connectivity index (χ1n) is 8.20. The summed E-state index contributed by atoms with van der Waals surface area (Å²) in [4.78, 5) is 10.8. The van der Waals surface area contributed by atoms with Gasteiger partial charge in [0.05, 0.1) is 24.8 Å². The zero-order chi connectivity index (χ0) is 19.0. The molecule has 0 saturated heterocycles. The monoisotopic (exact) mass is 353 g/mol. The summed E-state index contributed by atoms with van der Waals surface area (Å²) in [6.07, 6.45) is 0.750. The summed E-state index contributed by atoms with van der Waals surface area (Å²) in [5, 5.41) is 18.4. The highest BCUT2D eigenvalue weighted by molar-refractivity contribution is 5.81. The average Bonchev–Trinajstić information content (AvgIpc) is 2.71. The molecule has 136 valence electrons. The smallest absolute Gasteiger partial charge is 0.330 e. The molecule has 0 spiro atoms. The lowest BCUT2D eigenvalue weighted by atomic mass is 10.1. The number of benzene rings is 2. The molecule has 0 bridgehead atoms. The number of rotatable bonds is 8. The number of ether oxygens (including phenoxy) is 2. The molecule has 1 N–H and O–H groups in total. The predicted molar refractivity (Wildman–Crippen MR) is 99.3 cm³/mol. The van der Waals surface area contributed by atoms with Gasteiger partial charge >= 0.3 is 5.97 Å². The van der Waals surface area contributed by atoms with Gasteiger partial charge in [0.15, 0.2) is 0 Å². The van der Waals surface area contributed by atoms with Crippen molar-refractivity contribution in [1.29, 1.82) is 5.26 Å². The van der Waals surface area contributed by atoms with Crippen molar-refractivity contribution >= 4 is 5.97 Å². The fourth-order valence-electron chi connectivity index (χ4n) is 1.92. The van der Waals surface area contributed by atoms with Crippen LogP contribution in [0.4, 0.5) is 0 Å². The zero-order valence-electron chi connectivity index (χ0n) is 14.6. The molecule has 5 nitrogen and oxygen atoms in total. The van der Waals surface area contributed by atoms with E-state index in [4.69, 9.17) is 10.00 Å². The van der Waals surface area contributed by atoms with Crippen LogP contribution in [0.5, 0.6) is 0 Å². The largest absolute Gasteiger partial charge is 0.460 e. The summed E-state index contributed by atoms with van der Waals surface area (Å²) >= 11 is 0. The highest BCUT2D eigenvalue weighted by Crippen LogP contribution is 2.08. The third kappa shape index (κ3) is 9.38. The van der Waals surface area contributed by atoms with Gasteiger partial charge in [0.25, 0.3) is 0 Å². The molecule has 1 atom stereocenters. The van der Waals surface area contributed by atoms with Crippen LogP contribution in [0.15, 0.2) is 73.3 Å². The van der Waals surface area contributed by atoms with E-state index in [1.165, 1.54) is 0 Å². The molecule has 0 fully saturated rings. The van der Waals surface area contributed by atoms with Crippen molar-refractivity contribution in [1.82, 2.24) is 0 Å². The van der Waals surface area contributed by atoms with Gasteiger partial charge in [-0.3, -0.25) is 0 Å². The maximum Gasteiger partial charge on any atom is 0.330 e. The van der Waals surface area contributed by atoms with Crippen molar-refractivity contribution in [2.75, 3.05) is 19.8 Å². The van der Waals surface area contributed by atoms with E-state index in [0.717, 1.165) is 11.6 Å². The molecule has 0 amide bonds. The van der Waals surface area contributed by atoms with Crippen LogP contribution < -0.4 is 0 Å². The minimum atomic E-state index is -0.870. The Morgan fingerprint density at radius 3 is 2.31 bits per heavy atom. The second kappa shape index (κ2) is 13.4. The van der Waals surface area contributed by atoms with E-state index in [-0.39, 0.29) is 13.2 Å². The number of aliphatic hydroxyl groups is 1. The van der Waals surface area contributed by atoms with Gasteiger partial charge < -0.3 is 14.6 Å². The zero-order valence-corrected chi connectivity index (χ0v) is 14.6. The fourth-order valence-corrected chi connectivity index (χ4v) is 1.92. The minimum Gasteiger partial charge on any atom is -0.460 e. The molecular formula is C21H23NO4. The number of nitrogens with zero attached hydrogens (tertiary/aromatic N) is 1. The second-order valence-corrected chi connectivity index (χ2v) is 5.24. The van der Waals surface area contributed by atoms with Crippen LogP contribution in [0.1, 0.15) is 11.1 Å². The summed E-state index contributed by atoms with van der Waals surface area (Å²) < 4.78 is 9.96. The van der Waals surface area contributed by atoms with Crippen molar-refractivity contribution in [3.8, 4) is 6.07 Å². The van der Waals surface area contributed by atoms with Crippen LogP contribution in [0, 0.1) is 11.3 Å². The van der Waals surface area contributed by atoms with E-state index in [1.807, 2.05) is 48.5 Å². The number of hydrogen-bond acceptors (Lipinski definition) is 5. The molecule has 2 aromatic carbocycles. The van der Waals surface area contributed by atoms with Crippen molar-refractivity contribution in [3.05, 3.63) is 84.4 Å². The summed E-state index contributed by atoms with van der Waals surface area (Å²) in [5.74, 6) is -0.577. The number of carbonyl (C=O) groups is 1. The Hall–Kier alpha value is -2.94. The predicted octanol–water partition coefficient (Wildman–Crippen LogP) is 2.89. The van der Waals surface area contributed by atoms with Crippen molar-refractivity contribution in [3.63, 3.8) is 0 Å². The van der Waals surface area contributed by atoms with Crippen LogP contribution in [0.3, 0.4) is 0 Å². The molecule has 2 rings (SSSR count). The Kier molecular flexibility index (Phi) is 10.8. The minimum absolute atomic E-state index is 0.0686. The number of aliphatic hydroxyl groups excluding tert-OH is 1. The highest BCUT2D eigenvalue weighted by Gasteiger charge is 2.07. The van der Waals surface area contributed by atoms with Crippen molar-refractivity contribution in [2.24, 2.45) is 0 Å². The maximum atomic E-state index is 10.8. The van der Waals surface area contributed by atoms with E-state index in [9.17, 15) is 9.90 Å². The van der Waals surface area contributed by atoms with Crippen LogP contribution in [0.2, 0.25) is 0 Å². The van der Waals surface area contributed by atoms with Crippen molar-refractivity contribution in [2.45, 2.75) is 12.5 Å². The normalized spacial score (nSPS) is 10.6. The number of esters is 1. The molecule has 0 aliphatic rings. The topological polar surface area (TPSA) is 79.6 Å². The standard InChI is InChI=1S/C15H17NO4.C6H6/c1-2-15(18)20-11-14(17)10-19-8-7-12-5-3-4-6-13(12)9-16;1-2-4-6-5-3-1/h2-6,14,17H,1,7-8,10-11H2;1-6H. The van der Waals surface area contributed by atoms with E-state index < -0.39 is 12.1 Å². The van der Waals surface area contributed by atoms with Crippen LogP contribution in [-0.2, 0) is 20.7 Å². The summed E-state index contributed by atoms with van der Waals surface area (Å²) in [6, 6.07) is 21.4. The van der Waals surface area contributed by atoms with Gasteiger partial charge in [0, 0.05) is 6.08 Å². The van der Waals surface area contributed by atoms with Gasteiger partial charge in [-0.1, -0.05) is 61.2 Å². The Bertz CT molecular complexity index is 668. The first-order valence-corrected chi connectivity index (χ1v) is 8.20. The third-order valence-electron chi connectivity index (χ3n) is 3.22. The highest BCUT2D eigenvalue weighted by atomic mass is 16.5. The molecule has 0 aliphatic carbocycles. The molecule has 0 heterocycles. The van der Waals surface area contributed by atoms with Gasteiger partial charge in [-0.15, -0.1) is 0 Å². The number of nitriles is 1. The Balaban J connectivity index is 0.000000472. The SMILES string of the molecule is C=CC(=O)OCC(O)COCCc1ccccc1C#N.c1ccccc1. The van der Waals surface area contributed by atoms with Gasteiger partial charge in [-0.05, 0) is 18.1 Å². The van der Waals surface area contributed by atoms with Gasteiger partial charge in [0.1, 0.15) is 12.7 Å². The second-order valence-electron chi connectivity index (χ2n) is 5.24. The first-order chi connectivity index (χ1) is 12.7. The molecule has 1 unspecified atom stereocenters. The van der Waals surface area contributed by atoms with Gasteiger partial charge in [-0.25, -0.2) is 4.79 Å². The molecule has 0 radical (unpaired) electrons. The lowest BCUT2D eigenvalue weighted by molar-refractivity contribution is -0.141. The van der Waals surface area contributed by atoms with Gasteiger partial charge in [-0.2, -0.15) is 5.26 Å². The summed E-state index contributed by atoms with van der Waals surface area (Å²) in [5.41, 5.74) is 1.53. The first kappa shape index (κ1) is 21.1. The molecule has 5 heteroatoms. The lowest BCUT2D eigenvalue weighted by Crippen LogP contribution is -2.23. The average molecular weight is 353 g/mol. The molecule has 26 heavy (non-hydrogen) atoms. The number of hydrogen-bond donors (Lipinski definition) is 1. The van der Waals surface area contributed by atoms with E-state index in [1.54, 1.807) is 12.1 Å². The van der Waals surface area contributed by atoms with E-state index in [0.29, 0.717) is 18.6 Å². The Morgan fingerprint density at radius 2 is 1.73 bits per heavy atom. The maximum absolute atomic E-state index is 10.8. The van der Waals surface area contributed by atoms with Crippen molar-refractivity contribution < 1.29 is 19.4 Å². The lowest BCUT2D eigenvalue weighted by Gasteiger charge is -2.11. The van der Waals surface area contributed by atoms with Gasteiger partial charge in [0.2, 0.25) is 0 Å². The third-order valence-corrected chi connectivity index (χ3v) is 3.22. The van der Waals surface area contributed by atoms with Crippen LogP contribution in [0.25, 0.3) is 0 Å². The van der Waals surface area contributed by atoms with E-state index >= 15 is 0 Å². The number of carbonyl (C=O) groups excluding carboxylic acids is 1. The Labute approximate surface area is 154 Å². The van der Waals surface area contributed by atoms with E-state index in [2.05, 4.69) is 17.4 Å². The summed E-state index contributed by atoms with van der Waals surface area (Å²) in [7, 11) is 0. The molecular weight excluding hydrogens is 330 g/mol. The molecule has 0 saturated carbocycles. The molecule has 0 aliphatic heterocycles. The summed E-state index contributed by atoms with van der Waals surface area (Å²) in [6.45, 7) is 3.57. The van der Waals surface area contributed by atoms with Crippen LogP contribution >= 0.6 is 0 Å². The fraction of sp³-hybridized carbons (Fsp3) is 0.238. The van der Waals surface area contributed by atoms with Crippen LogP contribution in [-0.4, -0.2) is 37.0 Å².